The minimum Gasteiger partial charge on any atom is -0.383 e. The Kier molecular flexibility index (Phi) is 5.36. The first-order chi connectivity index (χ1) is 7.27. The summed E-state index contributed by atoms with van der Waals surface area (Å²) in [6.45, 7) is 6.90. The van der Waals surface area contributed by atoms with E-state index in [2.05, 4.69) is 30.5 Å². The summed E-state index contributed by atoms with van der Waals surface area (Å²) in [6, 6.07) is 0.376. The van der Waals surface area contributed by atoms with Crippen LogP contribution in [0.25, 0.3) is 0 Å². The lowest BCUT2D eigenvalue weighted by atomic mass is 10.2. The van der Waals surface area contributed by atoms with Gasteiger partial charge in [0.25, 0.3) is 0 Å². The van der Waals surface area contributed by atoms with E-state index < -0.39 is 0 Å². The van der Waals surface area contributed by atoms with E-state index in [9.17, 15) is 0 Å². The normalized spacial score (nSPS) is 13.0. The van der Waals surface area contributed by atoms with Crippen LogP contribution in [0.15, 0.2) is 12.4 Å². The molecule has 4 heteroatoms. The van der Waals surface area contributed by atoms with E-state index in [0.29, 0.717) is 12.6 Å². The fraction of sp³-hybridized carbons (Fsp3) is 0.727. The lowest BCUT2D eigenvalue weighted by molar-refractivity contribution is 0.183. The molecule has 1 atom stereocenters. The number of nitrogens with one attached hydrogen (secondary N) is 1. The highest BCUT2D eigenvalue weighted by Crippen LogP contribution is 2.10. The molecular formula is C11H21N3O. The standard InChI is InChI=1S/C11H21N3O/c1-4-5-12-10(2)11-8-13-14(9-11)6-7-15-3/h8-10,12H,4-7H2,1-3H3. The van der Waals surface area contributed by atoms with Crippen LogP contribution in [-0.4, -0.2) is 30.0 Å². The predicted octanol–water partition coefficient (Wildman–Crippen LogP) is 1.59. The molecule has 1 aromatic heterocycles. The van der Waals surface area contributed by atoms with Crippen molar-refractivity contribution >= 4 is 0 Å². The van der Waals surface area contributed by atoms with Crippen molar-refractivity contribution < 1.29 is 4.74 Å². The van der Waals surface area contributed by atoms with E-state index in [4.69, 9.17) is 4.74 Å². The van der Waals surface area contributed by atoms with Gasteiger partial charge in [-0.05, 0) is 19.9 Å². The molecule has 0 aliphatic rings. The number of hydrogen-bond acceptors (Lipinski definition) is 3. The molecule has 1 rings (SSSR count). The first kappa shape index (κ1) is 12.2. The quantitative estimate of drug-likeness (QED) is 0.744. The Bertz CT molecular complexity index is 273. The third-order valence-electron chi connectivity index (χ3n) is 2.38. The molecule has 0 aliphatic heterocycles. The number of hydrogen-bond donors (Lipinski definition) is 1. The van der Waals surface area contributed by atoms with Gasteiger partial charge in [-0.1, -0.05) is 6.92 Å². The molecule has 1 N–H and O–H groups in total. The van der Waals surface area contributed by atoms with Crippen molar-refractivity contribution in [3.05, 3.63) is 18.0 Å². The Morgan fingerprint density at radius 2 is 2.40 bits per heavy atom. The molecule has 0 bridgehead atoms. The van der Waals surface area contributed by atoms with Crippen LogP contribution in [0.4, 0.5) is 0 Å². The average molecular weight is 211 g/mol. The van der Waals surface area contributed by atoms with Crippen molar-refractivity contribution in [3.63, 3.8) is 0 Å². The molecule has 0 radical (unpaired) electrons. The number of methoxy groups -OCH3 is 1. The van der Waals surface area contributed by atoms with Crippen LogP contribution in [0.2, 0.25) is 0 Å². The zero-order valence-corrected chi connectivity index (χ0v) is 9.86. The van der Waals surface area contributed by atoms with Crippen LogP contribution >= 0.6 is 0 Å². The molecule has 86 valence electrons. The topological polar surface area (TPSA) is 39.1 Å². The van der Waals surface area contributed by atoms with Crippen LogP contribution in [0.3, 0.4) is 0 Å². The van der Waals surface area contributed by atoms with Crippen LogP contribution in [0.5, 0.6) is 0 Å². The van der Waals surface area contributed by atoms with Crippen molar-refractivity contribution in [1.82, 2.24) is 15.1 Å². The van der Waals surface area contributed by atoms with E-state index >= 15 is 0 Å². The molecule has 0 amide bonds. The Balaban J connectivity index is 2.43. The van der Waals surface area contributed by atoms with Gasteiger partial charge in [-0.3, -0.25) is 4.68 Å². The fourth-order valence-electron chi connectivity index (χ4n) is 1.39. The van der Waals surface area contributed by atoms with Gasteiger partial charge in [-0.2, -0.15) is 5.10 Å². The third kappa shape index (κ3) is 4.01. The largest absolute Gasteiger partial charge is 0.383 e. The second-order valence-electron chi connectivity index (χ2n) is 3.71. The van der Waals surface area contributed by atoms with Crippen molar-refractivity contribution in [1.29, 1.82) is 0 Å². The lowest BCUT2D eigenvalue weighted by Gasteiger charge is -2.10. The van der Waals surface area contributed by atoms with Crippen LogP contribution in [-0.2, 0) is 11.3 Å². The van der Waals surface area contributed by atoms with Gasteiger partial charge in [0, 0.05) is 24.9 Å². The molecule has 4 nitrogen and oxygen atoms in total. The minimum atomic E-state index is 0.376. The summed E-state index contributed by atoms with van der Waals surface area (Å²) in [4.78, 5) is 0. The number of rotatable bonds is 7. The van der Waals surface area contributed by atoms with Gasteiger partial charge in [0.1, 0.15) is 0 Å². The highest BCUT2D eigenvalue weighted by Gasteiger charge is 2.06. The van der Waals surface area contributed by atoms with Crippen LogP contribution in [0.1, 0.15) is 31.9 Å². The first-order valence-corrected chi connectivity index (χ1v) is 5.52. The summed E-state index contributed by atoms with van der Waals surface area (Å²) < 4.78 is 6.92. The summed E-state index contributed by atoms with van der Waals surface area (Å²) in [5, 5.41) is 7.71. The zero-order valence-electron chi connectivity index (χ0n) is 9.86. The molecule has 0 aliphatic carbocycles. The summed E-state index contributed by atoms with van der Waals surface area (Å²) in [5.74, 6) is 0. The maximum atomic E-state index is 5.00. The molecule has 0 spiro atoms. The van der Waals surface area contributed by atoms with E-state index in [0.717, 1.165) is 19.5 Å². The molecule has 1 unspecified atom stereocenters. The van der Waals surface area contributed by atoms with Crippen molar-refractivity contribution in [2.24, 2.45) is 0 Å². The van der Waals surface area contributed by atoms with Crippen molar-refractivity contribution in [2.75, 3.05) is 20.3 Å². The monoisotopic (exact) mass is 211 g/mol. The number of ether oxygens (including phenoxy) is 1. The maximum Gasteiger partial charge on any atom is 0.0658 e. The minimum absolute atomic E-state index is 0.376. The molecular weight excluding hydrogens is 190 g/mol. The second-order valence-corrected chi connectivity index (χ2v) is 3.71. The van der Waals surface area contributed by atoms with Gasteiger partial charge < -0.3 is 10.1 Å². The Morgan fingerprint density at radius 3 is 3.07 bits per heavy atom. The molecule has 0 saturated carbocycles. The van der Waals surface area contributed by atoms with Gasteiger partial charge in [-0.15, -0.1) is 0 Å². The highest BCUT2D eigenvalue weighted by atomic mass is 16.5. The molecule has 0 saturated heterocycles. The van der Waals surface area contributed by atoms with Gasteiger partial charge in [0.15, 0.2) is 0 Å². The summed E-state index contributed by atoms with van der Waals surface area (Å²) in [5.41, 5.74) is 1.24. The van der Waals surface area contributed by atoms with Gasteiger partial charge in [0.2, 0.25) is 0 Å². The van der Waals surface area contributed by atoms with Crippen LogP contribution < -0.4 is 5.32 Å². The smallest absolute Gasteiger partial charge is 0.0658 e. The highest BCUT2D eigenvalue weighted by molar-refractivity contribution is 5.09. The van der Waals surface area contributed by atoms with E-state index in [1.54, 1.807) is 7.11 Å². The van der Waals surface area contributed by atoms with Gasteiger partial charge in [0.05, 0.1) is 19.3 Å². The van der Waals surface area contributed by atoms with Crippen LogP contribution in [0, 0.1) is 0 Å². The SMILES string of the molecule is CCCNC(C)c1cnn(CCOC)c1. The zero-order chi connectivity index (χ0) is 11.1. The Hall–Kier alpha value is -0.870. The van der Waals surface area contributed by atoms with Gasteiger partial charge in [-0.25, -0.2) is 0 Å². The van der Waals surface area contributed by atoms with E-state index in [1.165, 1.54) is 5.56 Å². The summed E-state index contributed by atoms with van der Waals surface area (Å²) in [7, 11) is 1.70. The molecule has 0 fully saturated rings. The molecule has 0 aromatic carbocycles. The Labute approximate surface area is 91.6 Å². The molecule has 1 heterocycles. The van der Waals surface area contributed by atoms with Crippen molar-refractivity contribution in [2.45, 2.75) is 32.9 Å². The predicted molar refractivity (Wildman–Crippen MR) is 60.8 cm³/mol. The average Bonchev–Trinajstić information content (AvgIpc) is 2.71. The molecule has 1 aromatic rings. The Morgan fingerprint density at radius 1 is 1.60 bits per heavy atom. The maximum absolute atomic E-state index is 5.00. The first-order valence-electron chi connectivity index (χ1n) is 5.52. The summed E-state index contributed by atoms with van der Waals surface area (Å²) in [6.07, 6.45) is 5.15. The van der Waals surface area contributed by atoms with Gasteiger partial charge >= 0.3 is 0 Å². The number of nitrogens with zero attached hydrogens (tertiary/aromatic N) is 2. The van der Waals surface area contributed by atoms with E-state index in [1.807, 2.05) is 10.9 Å². The lowest BCUT2D eigenvalue weighted by Crippen LogP contribution is -2.18. The fourth-order valence-corrected chi connectivity index (χ4v) is 1.39. The molecule has 15 heavy (non-hydrogen) atoms. The summed E-state index contributed by atoms with van der Waals surface area (Å²) >= 11 is 0. The number of aromatic nitrogens is 2. The second kappa shape index (κ2) is 6.58. The van der Waals surface area contributed by atoms with E-state index in [-0.39, 0.29) is 0 Å². The van der Waals surface area contributed by atoms with Crippen molar-refractivity contribution in [3.8, 4) is 0 Å². The third-order valence-corrected chi connectivity index (χ3v) is 2.38.